The summed E-state index contributed by atoms with van der Waals surface area (Å²) in [4.78, 5) is 20.7. The first kappa shape index (κ1) is 14.6. The lowest BCUT2D eigenvalue weighted by Gasteiger charge is -2.22. The number of hydrogen-bond acceptors (Lipinski definition) is 4. The van der Waals surface area contributed by atoms with Crippen LogP contribution in [0.15, 0.2) is 12.3 Å². The highest BCUT2D eigenvalue weighted by Crippen LogP contribution is 2.26. The molecule has 1 amide bonds. The van der Waals surface area contributed by atoms with Crippen molar-refractivity contribution in [2.75, 3.05) is 33.2 Å². The van der Waals surface area contributed by atoms with Crippen molar-refractivity contribution >= 4 is 17.5 Å². The number of carbonyl (C=O) groups is 1. The summed E-state index contributed by atoms with van der Waals surface area (Å²) in [5.41, 5.74) is 0.452. The average Bonchev–Trinajstić information content (AvgIpc) is 2.95. The minimum atomic E-state index is -0.0799. The number of pyridine rings is 1. The second-order valence-corrected chi connectivity index (χ2v) is 6.21. The lowest BCUT2D eigenvalue weighted by Crippen LogP contribution is -2.36. The zero-order valence-corrected chi connectivity index (χ0v) is 13.0. The van der Waals surface area contributed by atoms with E-state index < -0.39 is 0 Å². The zero-order valence-electron chi connectivity index (χ0n) is 12.2. The molecule has 1 aromatic rings. The Morgan fingerprint density at radius 3 is 2.95 bits per heavy atom. The van der Waals surface area contributed by atoms with Crippen molar-refractivity contribution in [2.45, 2.75) is 25.4 Å². The topological polar surface area (TPSA) is 45.7 Å². The van der Waals surface area contributed by atoms with Gasteiger partial charge in [-0.3, -0.25) is 4.79 Å². The molecule has 21 heavy (non-hydrogen) atoms. The zero-order chi connectivity index (χ0) is 14.8. The quantitative estimate of drug-likeness (QED) is 0.857. The SMILES string of the molecule is CN1CC(CCN2CCCC2)Oc2ncc(Cl)cc2C1=O. The van der Waals surface area contributed by atoms with Gasteiger partial charge in [-0.25, -0.2) is 4.98 Å². The maximum Gasteiger partial charge on any atom is 0.259 e. The monoisotopic (exact) mass is 309 g/mol. The molecule has 6 heteroatoms. The van der Waals surface area contributed by atoms with Gasteiger partial charge in [0.15, 0.2) is 0 Å². The van der Waals surface area contributed by atoms with Crippen LogP contribution in [-0.2, 0) is 0 Å². The molecular weight excluding hydrogens is 290 g/mol. The van der Waals surface area contributed by atoms with Gasteiger partial charge in [-0.2, -0.15) is 0 Å². The van der Waals surface area contributed by atoms with Gasteiger partial charge in [-0.05, 0) is 38.4 Å². The highest BCUT2D eigenvalue weighted by Gasteiger charge is 2.28. The van der Waals surface area contributed by atoms with E-state index in [9.17, 15) is 4.79 Å². The lowest BCUT2D eigenvalue weighted by molar-refractivity contribution is 0.0746. The van der Waals surface area contributed by atoms with Crippen molar-refractivity contribution in [2.24, 2.45) is 0 Å². The molecule has 114 valence electrons. The Balaban J connectivity index is 1.72. The van der Waals surface area contributed by atoms with Crippen LogP contribution in [0.3, 0.4) is 0 Å². The average molecular weight is 310 g/mol. The van der Waals surface area contributed by atoms with Gasteiger partial charge in [0.25, 0.3) is 5.91 Å². The standard InChI is InChI=1S/C15H20ClN3O2/c1-18-10-12(4-7-19-5-2-3-6-19)21-14-13(15(18)20)8-11(16)9-17-14/h8-9,12H,2-7,10H2,1H3. The number of hydrogen-bond donors (Lipinski definition) is 0. The maximum atomic E-state index is 12.3. The lowest BCUT2D eigenvalue weighted by atomic mass is 10.2. The Kier molecular flexibility index (Phi) is 4.31. The molecule has 2 aliphatic heterocycles. The van der Waals surface area contributed by atoms with Crippen molar-refractivity contribution < 1.29 is 9.53 Å². The molecule has 1 fully saturated rings. The minimum Gasteiger partial charge on any atom is -0.472 e. The predicted octanol–water partition coefficient (Wildman–Crippen LogP) is 2.05. The summed E-state index contributed by atoms with van der Waals surface area (Å²) in [5.74, 6) is 0.323. The molecule has 0 saturated carbocycles. The van der Waals surface area contributed by atoms with Crippen LogP contribution >= 0.6 is 11.6 Å². The van der Waals surface area contributed by atoms with Crippen LogP contribution in [0.2, 0.25) is 5.02 Å². The first-order valence-corrected chi connectivity index (χ1v) is 7.81. The van der Waals surface area contributed by atoms with Crippen molar-refractivity contribution in [3.05, 3.63) is 22.8 Å². The number of amides is 1. The number of fused-ring (bicyclic) bond motifs is 1. The molecule has 0 N–H and O–H groups in total. The van der Waals surface area contributed by atoms with E-state index >= 15 is 0 Å². The third kappa shape index (κ3) is 3.30. The van der Waals surface area contributed by atoms with E-state index in [0.29, 0.717) is 23.0 Å². The van der Waals surface area contributed by atoms with Crippen molar-refractivity contribution in [3.63, 3.8) is 0 Å². The van der Waals surface area contributed by atoms with Gasteiger partial charge in [-0.15, -0.1) is 0 Å². The summed E-state index contributed by atoms with van der Waals surface area (Å²) in [6.07, 6.45) is 4.98. The summed E-state index contributed by atoms with van der Waals surface area (Å²) in [5, 5.41) is 0.453. The van der Waals surface area contributed by atoms with E-state index in [-0.39, 0.29) is 12.0 Å². The molecule has 2 aliphatic rings. The molecule has 5 nitrogen and oxygen atoms in total. The Labute approximate surface area is 129 Å². The van der Waals surface area contributed by atoms with Crippen molar-refractivity contribution in [3.8, 4) is 5.88 Å². The second-order valence-electron chi connectivity index (χ2n) is 5.77. The molecule has 0 spiro atoms. The number of carbonyl (C=O) groups excluding carboxylic acids is 1. The normalized spacial score (nSPS) is 22.9. The van der Waals surface area contributed by atoms with Crippen LogP contribution in [0.4, 0.5) is 0 Å². The molecule has 3 heterocycles. The highest BCUT2D eigenvalue weighted by atomic mass is 35.5. The van der Waals surface area contributed by atoms with E-state index in [4.69, 9.17) is 16.3 Å². The molecule has 1 unspecified atom stereocenters. The molecule has 3 rings (SSSR count). The van der Waals surface area contributed by atoms with Gasteiger partial charge in [0, 0.05) is 19.8 Å². The van der Waals surface area contributed by atoms with Gasteiger partial charge in [0.1, 0.15) is 11.7 Å². The third-order valence-corrected chi connectivity index (χ3v) is 4.32. The van der Waals surface area contributed by atoms with Crippen LogP contribution in [-0.4, -0.2) is 60.0 Å². The number of rotatable bonds is 3. The molecule has 1 saturated heterocycles. The van der Waals surface area contributed by atoms with Gasteiger partial charge in [0.2, 0.25) is 5.88 Å². The molecular formula is C15H20ClN3O2. The van der Waals surface area contributed by atoms with E-state index in [2.05, 4.69) is 9.88 Å². The predicted molar refractivity (Wildman–Crippen MR) is 80.9 cm³/mol. The van der Waals surface area contributed by atoms with Crippen molar-refractivity contribution in [1.29, 1.82) is 0 Å². The molecule has 1 atom stereocenters. The summed E-state index contributed by atoms with van der Waals surface area (Å²) >= 11 is 5.93. The van der Waals surface area contributed by atoms with E-state index in [1.807, 2.05) is 0 Å². The summed E-state index contributed by atoms with van der Waals surface area (Å²) in [7, 11) is 1.80. The number of likely N-dealkylation sites (tertiary alicyclic amines) is 1. The Morgan fingerprint density at radius 1 is 1.43 bits per heavy atom. The van der Waals surface area contributed by atoms with Gasteiger partial charge < -0.3 is 14.5 Å². The van der Waals surface area contributed by atoms with Crippen LogP contribution in [0.1, 0.15) is 29.6 Å². The number of ether oxygens (including phenoxy) is 1. The number of halogens is 1. The smallest absolute Gasteiger partial charge is 0.259 e. The first-order chi connectivity index (χ1) is 10.1. The second kappa shape index (κ2) is 6.20. The van der Waals surface area contributed by atoms with E-state index in [1.165, 1.54) is 32.1 Å². The highest BCUT2D eigenvalue weighted by molar-refractivity contribution is 6.30. The summed E-state index contributed by atoms with van der Waals surface area (Å²) in [6.45, 7) is 3.94. The Hall–Kier alpha value is -1.33. The Morgan fingerprint density at radius 2 is 2.19 bits per heavy atom. The van der Waals surface area contributed by atoms with E-state index in [1.54, 1.807) is 18.0 Å². The fourth-order valence-electron chi connectivity index (χ4n) is 2.95. The van der Waals surface area contributed by atoms with Crippen LogP contribution in [0.25, 0.3) is 0 Å². The summed E-state index contributed by atoms with van der Waals surface area (Å²) < 4.78 is 5.95. The number of likely N-dealkylation sites (N-methyl/N-ethyl adjacent to an activating group) is 1. The molecule has 0 radical (unpaired) electrons. The largest absolute Gasteiger partial charge is 0.472 e. The first-order valence-electron chi connectivity index (χ1n) is 7.43. The maximum absolute atomic E-state index is 12.3. The molecule has 0 aromatic carbocycles. The van der Waals surface area contributed by atoms with Gasteiger partial charge in [-0.1, -0.05) is 11.6 Å². The van der Waals surface area contributed by atoms with Crippen LogP contribution < -0.4 is 4.74 Å². The van der Waals surface area contributed by atoms with Gasteiger partial charge in [0.05, 0.1) is 11.6 Å². The minimum absolute atomic E-state index is 0.0190. The summed E-state index contributed by atoms with van der Waals surface area (Å²) in [6, 6.07) is 1.63. The molecule has 1 aromatic heterocycles. The van der Waals surface area contributed by atoms with Gasteiger partial charge >= 0.3 is 0 Å². The van der Waals surface area contributed by atoms with Crippen LogP contribution in [0.5, 0.6) is 5.88 Å². The fourth-order valence-corrected chi connectivity index (χ4v) is 3.10. The number of aromatic nitrogens is 1. The third-order valence-electron chi connectivity index (χ3n) is 4.12. The van der Waals surface area contributed by atoms with E-state index in [0.717, 1.165) is 13.0 Å². The number of nitrogens with zero attached hydrogens (tertiary/aromatic N) is 3. The fraction of sp³-hybridized carbons (Fsp3) is 0.600. The molecule has 0 aliphatic carbocycles. The molecule has 0 bridgehead atoms. The van der Waals surface area contributed by atoms with Crippen LogP contribution in [0, 0.1) is 0 Å². The Bertz CT molecular complexity index is 532. The van der Waals surface area contributed by atoms with Crippen molar-refractivity contribution in [1.82, 2.24) is 14.8 Å².